The summed E-state index contributed by atoms with van der Waals surface area (Å²) in [6, 6.07) is 9.63. The molecule has 0 atom stereocenters. The molecular weight excluding hydrogens is 406 g/mol. The summed E-state index contributed by atoms with van der Waals surface area (Å²) in [5, 5.41) is 3.11. The van der Waals surface area contributed by atoms with Crippen LogP contribution in [0.3, 0.4) is 0 Å². The zero-order valence-electron chi connectivity index (χ0n) is 19.1. The molecule has 3 rings (SSSR count). The Morgan fingerprint density at radius 3 is 2.53 bits per heavy atom. The van der Waals surface area contributed by atoms with Crippen LogP contribution < -0.4 is 27.2 Å². The van der Waals surface area contributed by atoms with Gasteiger partial charge >= 0.3 is 5.69 Å². The summed E-state index contributed by atoms with van der Waals surface area (Å²) in [6.07, 6.45) is 6.22. The number of benzene rings is 1. The van der Waals surface area contributed by atoms with Crippen molar-refractivity contribution >= 4 is 17.4 Å². The lowest BCUT2D eigenvalue weighted by atomic mass is 9.95. The lowest BCUT2D eigenvalue weighted by Crippen LogP contribution is -2.46. The second kappa shape index (κ2) is 11.0. The highest BCUT2D eigenvalue weighted by Crippen LogP contribution is 2.20. The van der Waals surface area contributed by atoms with Gasteiger partial charge in [-0.25, -0.2) is 4.79 Å². The van der Waals surface area contributed by atoms with E-state index in [0.29, 0.717) is 12.5 Å². The van der Waals surface area contributed by atoms with Crippen molar-refractivity contribution in [2.75, 3.05) is 23.7 Å². The molecule has 0 unspecified atom stereocenters. The van der Waals surface area contributed by atoms with Crippen LogP contribution in [0.1, 0.15) is 57.9 Å². The van der Waals surface area contributed by atoms with Crippen LogP contribution in [0.25, 0.3) is 0 Å². The number of rotatable bonds is 9. The molecule has 1 aliphatic carbocycles. The van der Waals surface area contributed by atoms with E-state index in [0.717, 1.165) is 37.7 Å². The Kier molecular flexibility index (Phi) is 8.14. The molecule has 32 heavy (non-hydrogen) atoms. The molecule has 0 bridgehead atoms. The van der Waals surface area contributed by atoms with Crippen LogP contribution in [-0.2, 0) is 11.3 Å². The van der Waals surface area contributed by atoms with E-state index in [-0.39, 0.29) is 36.5 Å². The van der Waals surface area contributed by atoms with Gasteiger partial charge in [-0.3, -0.25) is 19.1 Å². The number of hydrogen-bond acceptors (Lipinski definition) is 5. The van der Waals surface area contributed by atoms with Crippen LogP contribution >= 0.6 is 0 Å². The summed E-state index contributed by atoms with van der Waals surface area (Å²) in [7, 11) is 0. The number of anilines is 2. The third-order valence-corrected chi connectivity index (χ3v) is 5.99. The molecule has 0 aliphatic heterocycles. The predicted molar refractivity (Wildman–Crippen MR) is 128 cm³/mol. The Bertz CT molecular complexity index is 1010. The van der Waals surface area contributed by atoms with Crippen molar-refractivity contribution in [1.82, 2.24) is 14.9 Å². The van der Waals surface area contributed by atoms with Crippen LogP contribution in [0.4, 0.5) is 11.5 Å². The summed E-state index contributed by atoms with van der Waals surface area (Å²) in [5.41, 5.74) is 6.32. The van der Waals surface area contributed by atoms with Crippen molar-refractivity contribution in [3.63, 3.8) is 0 Å². The predicted octanol–water partition coefficient (Wildman–Crippen LogP) is 2.47. The molecule has 8 nitrogen and oxygen atoms in total. The minimum Gasteiger partial charge on any atom is -0.383 e. The van der Waals surface area contributed by atoms with Crippen molar-refractivity contribution in [2.24, 2.45) is 5.92 Å². The van der Waals surface area contributed by atoms with Gasteiger partial charge in [-0.05, 0) is 30.7 Å². The Labute approximate surface area is 188 Å². The maximum absolute atomic E-state index is 12.8. The molecule has 1 aliphatic rings. The van der Waals surface area contributed by atoms with Crippen molar-refractivity contribution in [3.05, 3.63) is 56.7 Å². The summed E-state index contributed by atoms with van der Waals surface area (Å²) in [6.45, 7) is 4.93. The third-order valence-electron chi connectivity index (χ3n) is 5.99. The number of amides is 1. The average Bonchev–Trinajstić information content (AvgIpc) is 2.76. The van der Waals surface area contributed by atoms with Crippen LogP contribution in [0.2, 0.25) is 0 Å². The van der Waals surface area contributed by atoms with Crippen molar-refractivity contribution < 1.29 is 4.79 Å². The largest absolute Gasteiger partial charge is 0.383 e. The number of aromatic amines is 1. The molecule has 1 saturated carbocycles. The number of H-pyrrole nitrogens is 1. The molecule has 1 aromatic carbocycles. The van der Waals surface area contributed by atoms with Gasteiger partial charge in [0.25, 0.3) is 5.56 Å². The van der Waals surface area contributed by atoms with Gasteiger partial charge in [0.1, 0.15) is 11.5 Å². The SMILES string of the molecule is CC(C)CCN(CC(=O)NC1CCCCC1)c1c(N)n(Cc2ccccc2)c(=O)[nH]c1=O. The van der Waals surface area contributed by atoms with Gasteiger partial charge < -0.3 is 16.0 Å². The fourth-order valence-corrected chi connectivity index (χ4v) is 4.18. The highest BCUT2D eigenvalue weighted by Gasteiger charge is 2.23. The molecule has 0 saturated heterocycles. The number of nitrogens with one attached hydrogen (secondary N) is 2. The third kappa shape index (κ3) is 6.24. The molecule has 1 fully saturated rings. The number of carbonyl (C=O) groups excluding carboxylic acids is 1. The van der Waals surface area contributed by atoms with E-state index in [2.05, 4.69) is 24.1 Å². The van der Waals surface area contributed by atoms with E-state index >= 15 is 0 Å². The van der Waals surface area contributed by atoms with Crippen molar-refractivity contribution in [1.29, 1.82) is 0 Å². The molecule has 2 aromatic rings. The van der Waals surface area contributed by atoms with E-state index in [1.54, 1.807) is 4.90 Å². The summed E-state index contributed by atoms with van der Waals surface area (Å²) in [5.74, 6) is 0.339. The summed E-state index contributed by atoms with van der Waals surface area (Å²) in [4.78, 5) is 42.3. The molecule has 4 N–H and O–H groups in total. The number of nitrogen functional groups attached to an aromatic ring is 1. The Morgan fingerprint density at radius 2 is 1.88 bits per heavy atom. The van der Waals surface area contributed by atoms with Crippen LogP contribution in [0.15, 0.2) is 39.9 Å². The number of nitrogens with two attached hydrogens (primary N) is 1. The molecule has 1 amide bonds. The summed E-state index contributed by atoms with van der Waals surface area (Å²) >= 11 is 0. The van der Waals surface area contributed by atoms with Crippen molar-refractivity contribution in [2.45, 2.75) is 65.0 Å². The van der Waals surface area contributed by atoms with E-state index < -0.39 is 11.2 Å². The highest BCUT2D eigenvalue weighted by atomic mass is 16.2. The number of hydrogen-bond donors (Lipinski definition) is 3. The van der Waals surface area contributed by atoms with Gasteiger partial charge in [0.15, 0.2) is 0 Å². The minimum atomic E-state index is -0.564. The normalized spacial score (nSPS) is 14.5. The van der Waals surface area contributed by atoms with E-state index in [4.69, 9.17) is 5.73 Å². The Hall–Kier alpha value is -3.03. The Balaban J connectivity index is 1.88. The molecule has 1 heterocycles. The molecule has 174 valence electrons. The quantitative estimate of drug-likeness (QED) is 0.553. The van der Waals surface area contributed by atoms with Crippen LogP contribution in [0.5, 0.6) is 0 Å². The molecular formula is C24H35N5O3. The second-order valence-corrected chi connectivity index (χ2v) is 9.07. The van der Waals surface area contributed by atoms with Gasteiger partial charge in [-0.2, -0.15) is 0 Å². The maximum atomic E-state index is 12.8. The van der Waals surface area contributed by atoms with Crippen molar-refractivity contribution in [3.8, 4) is 0 Å². The number of carbonyl (C=O) groups is 1. The minimum absolute atomic E-state index is 0.0278. The zero-order valence-corrected chi connectivity index (χ0v) is 19.1. The summed E-state index contributed by atoms with van der Waals surface area (Å²) < 4.78 is 1.35. The fraction of sp³-hybridized carbons (Fsp3) is 0.542. The average molecular weight is 442 g/mol. The first kappa shape index (κ1) is 23.6. The first-order valence-corrected chi connectivity index (χ1v) is 11.6. The van der Waals surface area contributed by atoms with E-state index in [9.17, 15) is 14.4 Å². The standard InChI is InChI=1S/C24H35N5O3/c1-17(2)13-14-28(16-20(30)26-19-11-7-4-8-12-19)21-22(25)29(24(32)27-23(21)31)15-18-9-5-3-6-10-18/h3,5-6,9-10,17,19H,4,7-8,11-16,25H2,1-2H3,(H,26,30)(H,27,31,32). The molecule has 1 aromatic heterocycles. The van der Waals surface area contributed by atoms with Gasteiger partial charge in [0, 0.05) is 12.6 Å². The van der Waals surface area contributed by atoms with Gasteiger partial charge in [0.05, 0.1) is 13.1 Å². The van der Waals surface area contributed by atoms with E-state index in [1.807, 2.05) is 30.3 Å². The second-order valence-electron chi connectivity index (χ2n) is 9.07. The van der Waals surface area contributed by atoms with Gasteiger partial charge in [-0.1, -0.05) is 63.4 Å². The first-order chi connectivity index (χ1) is 15.3. The highest BCUT2D eigenvalue weighted by molar-refractivity contribution is 5.82. The lowest BCUT2D eigenvalue weighted by Gasteiger charge is -2.28. The van der Waals surface area contributed by atoms with Gasteiger partial charge in [-0.15, -0.1) is 0 Å². The molecule has 8 heteroatoms. The number of aromatic nitrogens is 2. The maximum Gasteiger partial charge on any atom is 0.330 e. The monoisotopic (exact) mass is 441 g/mol. The molecule has 0 radical (unpaired) electrons. The zero-order chi connectivity index (χ0) is 23.1. The van der Waals surface area contributed by atoms with Crippen LogP contribution in [0, 0.1) is 5.92 Å². The van der Waals surface area contributed by atoms with E-state index in [1.165, 1.54) is 11.0 Å². The Morgan fingerprint density at radius 1 is 1.19 bits per heavy atom. The smallest absolute Gasteiger partial charge is 0.330 e. The molecule has 0 spiro atoms. The number of nitrogens with zero attached hydrogens (tertiary/aromatic N) is 2. The fourth-order valence-electron chi connectivity index (χ4n) is 4.18. The topological polar surface area (TPSA) is 113 Å². The first-order valence-electron chi connectivity index (χ1n) is 11.6. The lowest BCUT2D eigenvalue weighted by molar-refractivity contribution is -0.120. The van der Waals surface area contributed by atoms with Gasteiger partial charge in [0.2, 0.25) is 5.91 Å². The van der Waals surface area contributed by atoms with Crippen LogP contribution in [-0.4, -0.2) is 34.6 Å².